The Kier molecular flexibility index (Phi) is 3.41. The minimum atomic E-state index is 0.0644. The number of fused-ring (bicyclic) bond motifs is 1. The van der Waals surface area contributed by atoms with E-state index in [2.05, 4.69) is 15.9 Å². The van der Waals surface area contributed by atoms with Crippen LogP contribution in [0.2, 0.25) is 0 Å². The maximum Gasteiger partial charge on any atom is 0.193 e. The van der Waals surface area contributed by atoms with Gasteiger partial charge in [0.05, 0.1) is 0 Å². The molecule has 0 aromatic heterocycles. The van der Waals surface area contributed by atoms with Gasteiger partial charge in [0.2, 0.25) is 0 Å². The van der Waals surface area contributed by atoms with Crippen molar-refractivity contribution in [2.45, 2.75) is 6.92 Å². The highest BCUT2D eigenvalue weighted by atomic mass is 79.9. The summed E-state index contributed by atoms with van der Waals surface area (Å²) in [6, 6.07) is 19.7. The molecule has 0 saturated carbocycles. The van der Waals surface area contributed by atoms with E-state index >= 15 is 0 Å². The molecule has 0 N–H and O–H groups in total. The van der Waals surface area contributed by atoms with Gasteiger partial charge in [-0.25, -0.2) is 0 Å². The van der Waals surface area contributed by atoms with Crippen LogP contribution in [0.1, 0.15) is 21.5 Å². The standard InChI is InChI=1S/C18H13BrO/c1-12-6-9-16(19)11-17(12)18(20)15-8-7-13-4-2-3-5-14(13)10-15/h2-11H,1H3. The Morgan fingerprint density at radius 1 is 0.900 bits per heavy atom. The monoisotopic (exact) mass is 324 g/mol. The molecule has 0 spiro atoms. The highest BCUT2D eigenvalue weighted by Crippen LogP contribution is 2.22. The predicted molar refractivity (Wildman–Crippen MR) is 86.3 cm³/mol. The van der Waals surface area contributed by atoms with Crippen LogP contribution in [-0.2, 0) is 0 Å². The van der Waals surface area contributed by atoms with Crippen molar-refractivity contribution in [2.75, 3.05) is 0 Å². The highest BCUT2D eigenvalue weighted by molar-refractivity contribution is 9.10. The molecular formula is C18H13BrO. The highest BCUT2D eigenvalue weighted by Gasteiger charge is 2.12. The molecule has 20 heavy (non-hydrogen) atoms. The van der Waals surface area contributed by atoms with Crippen LogP contribution in [0.3, 0.4) is 0 Å². The fourth-order valence-corrected chi connectivity index (χ4v) is 2.69. The van der Waals surface area contributed by atoms with Gasteiger partial charge in [-0.3, -0.25) is 4.79 Å². The molecule has 3 aromatic carbocycles. The SMILES string of the molecule is Cc1ccc(Br)cc1C(=O)c1ccc2ccccc2c1. The summed E-state index contributed by atoms with van der Waals surface area (Å²) in [6.45, 7) is 1.96. The van der Waals surface area contributed by atoms with Gasteiger partial charge in [0, 0.05) is 15.6 Å². The van der Waals surface area contributed by atoms with E-state index in [-0.39, 0.29) is 5.78 Å². The molecule has 0 radical (unpaired) electrons. The molecule has 98 valence electrons. The summed E-state index contributed by atoms with van der Waals surface area (Å²) in [5.41, 5.74) is 2.46. The molecule has 0 atom stereocenters. The number of carbonyl (C=O) groups excluding carboxylic acids is 1. The maximum atomic E-state index is 12.6. The number of halogens is 1. The Balaban J connectivity index is 2.10. The van der Waals surface area contributed by atoms with Crippen LogP contribution in [0.5, 0.6) is 0 Å². The lowest BCUT2D eigenvalue weighted by Gasteiger charge is -2.07. The Morgan fingerprint density at radius 3 is 2.45 bits per heavy atom. The van der Waals surface area contributed by atoms with Gasteiger partial charge in [-0.2, -0.15) is 0 Å². The van der Waals surface area contributed by atoms with Crippen LogP contribution in [0, 0.1) is 6.92 Å². The second kappa shape index (κ2) is 5.22. The van der Waals surface area contributed by atoms with Gasteiger partial charge in [0.15, 0.2) is 5.78 Å². The molecule has 0 heterocycles. The largest absolute Gasteiger partial charge is 0.289 e. The number of ketones is 1. The van der Waals surface area contributed by atoms with Crippen LogP contribution < -0.4 is 0 Å². The molecule has 0 aliphatic heterocycles. The number of hydrogen-bond acceptors (Lipinski definition) is 1. The molecule has 0 saturated heterocycles. The third-order valence-electron chi connectivity index (χ3n) is 3.46. The van der Waals surface area contributed by atoms with Gasteiger partial charge < -0.3 is 0 Å². The van der Waals surface area contributed by atoms with Crippen molar-refractivity contribution < 1.29 is 4.79 Å². The van der Waals surface area contributed by atoms with Crippen molar-refractivity contribution in [3.63, 3.8) is 0 Å². The van der Waals surface area contributed by atoms with Crippen molar-refractivity contribution in [2.24, 2.45) is 0 Å². The van der Waals surface area contributed by atoms with E-state index in [1.807, 2.05) is 67.6 Å². The summed E-state index contributed by atoms with van der Waals surface area (Å²) in [5, 5.41) is 2.24. The molecule has 0 aliphatic carbocycles. The topological polar surface area (TPSA) is 17.1 Å². The third-order valence-corrected chi connectivity index (χ3v) is 3.95. The number of rotatable bonds is 2. The van der Waals surface area contributed by atoms with E-state index in [1.54, 1.807) is 0 Å². The Hall–Kier alpha value is -1.93. The smallest absolute Gasteiger partial charge is 0.193 e. The van der Waals surface area contributed by atoms with Crippen molar-refractivity contribution in [3.8, 4) is 0 Å². The van der Waals surface area contributed by atoms with Crippen molar-refractivity contribution in [1.29, 1.82) is 0 Å². The van der Waals surface area contributed by atoms with E-state index in [9.17, 15) is 4.79 Å². The molecule has 0 aliphatic rings. The summed E-state index contributed by atoms with van der Waals surface area (Å²) in [5.74, 6) is 0.0644. The van der Waals surface area contributed by atoms with Gasteiger partial charge in [-0.15, -0.1) is 0 Å². The summed E-state index contributed by atoms with van der Waals surface area (Å²) < 4.78 is 0.923. The Labute approximate surface area is 126 Å². The van der Waals surface area contributed by atoms with Crippen LogP contribution in [0.25, 0.3) is 10.8 Å². The molecule has 0 bridgehead atoms. The molecule has 0 fully saturated rings. The van der Waals surface area contributed by atoms with Gasteiger partial charge in [-0.1, -0.05) is 58.4 Å². The predicted octanol–water partition coefficient (Wildman–Crippen LogP) is 5.14. The number of aryl methyl sites for hydroxylation is 1. The first-order chi connectivity index (χ1) is 9.65. The lowest BCUT2D eigenvalue weighted by atomic mass is 9.97. The third kappa shape index (κ3) is 2.39. The van der Waals surface area contributed by atoms with E-state index in [0.717, 1.165) is 31.9 Å². The average molecular weight is 325 g/mol. The van der Waals surface area contributed by atoms with Gasteiger partial charge >= 0.3 is 0 Å². The van der Waals surface area contributed by atoms with Gasteiger partial charge in [0.1, 0.15) is 0 Å². The molecule has 0 unspecified atom stereocenters. The van der Waals surface area contributed by atoms with E-state index in [0.29, 0.717) is 0 Å². The molecule has 1 nitrogen and oxygen atoms in total. The quantitative estimate of drug-likeness (QED) is 0.596. The van der Waals surface area contributed by atoms with Gasteiger partial charge in [-0.05, 0) is 41.5 Å². The number of benzene rings is 3. The van der Waals surface area contributed by atoms with E-state index in [1.165, 1.54) is 0 Å². The van der Waals surface area contributed by atoms with Gasteiger partial charge in [0.25, 0.3) is 0 Å². The number of hydrogen-bond donors (Lipinski definition) is 0. The normalized spacial score (nSPS) is 10.7. The Morgan fingerprint density at radius 2 is 1.65 bits per heavy atom. The second-order valence-corrected chi connectivity index (χ2v) is 5.77. The van der Waals surface area contributed by atoms with Crippen molar-refractivity contribution in [1.82, 2.24) is 0 Å². The first kappa shape index (κ1) is 13.1. The molecule has 3 rings (SSSR count). The van der Waals surface area contributed by atoms with Crippen LogP contribution >= 0.6 is 15.9 Å². The minimum Gasteiger partial charge on any atom is -0.289 e. The van der Waals surface area contributed by atoms with Crippen LogP contribution in [0.4, 0.5) is 0 Å². The number of carbonyl (C=O) groups is 1. The summed E-state index contributed by atoms with van der Waals surface area (Å²) in [7, 11) is 0. The van der Waals surface area contributed by atoms with Crippen LogP contribution in [-0.4, -0.2) is 5.78 Å². The molecule has 0 amide bonds. The zero-order chi connectivity index (χ0) is 14.1. The molecule has 2 heteroatoms. The lowest BCUT2D eigenvalue weighted by Crippen LogP contribution is -2.03. The van der Waals surface area contributed by atoms with Crippen LogP contribution in [0.15, 0.2) is 65.1 Å². The lowest BCUT2D eigenvalue weighted by molar-refractivity contribution is 0.103. The minimum absolute atomic E-state index is 0.0644. The molecular weight excluding hydrogens is 312 g/mol. The maximum absolute atomic E-state index is 12.6. The zero-order valence-corrected chi connectivity index (χ0v) is 12.6. The fraction of sp³-hybridized carbons (Fsp3) is 0.0556. The zero-order valence-electron chi connectivity index (χ0n) is 11.1. The first-order valence-electron chi connectivity index (χ1n) is 6.45. The second-order valence-electron chi connectivity index (χ2n) is 4.85. The summed E-state index contributed by atoms with van der Waals surface area (Å²) >= 11 is 3.42. The average Bonchev–Trinajstić information content (AvgIpc) is 2.48. The molecule has 3 aromatic rings. The first-order valence-corrected chi connectivity index (χ1v) is 7.24. The van der Waals surface area contributed by atoms with E-state index in [4.69, 9.17) is 0 Å². The van der Waals surface area contributed by atoms with E-state index < -0.39 is 0 Å². The van der Waals surface area contributed by atoms with Crippen molar-refractivity contribution >= 4 is 32.5 Å². The summed E-state index contributed by atoms with van der Waals surface area (Å²) in [4.78, 5) is 12.6. The summed E-state index contributed by atoms with van der Waals surface area (Å²) in [6.07, 6.45) is 0. The fourth-order valence-electron chi connectivity index (χ4n) is 2.32. The Bertz CT molecular complexity index is 805. The van der Waals surface area contributed by atoms with Crippen molar-refractivity contribution in [3.05, 3.63) is 81.8 Å².